The number of nitrogens with one attached hydrogen (secondary N) is 1. The van der Waals surface area contributed by atoms with E-state index in [2.05, 4.69) is 32.2 Å². The SMILES string of the molecule is CCNC(c1ccc(Cl)c(OC)c1)C(CC)(CC)OCC. The molecule has 0 bridgehead atoms. The van der Waals surface area contributed by atoms with Gasteiger partial charge in [0.1, 0.15) is 5.75 Å². The zero-order valence-corrected chi connectivity index (χ0v) is 14.6. The Balaban J connectivity index is 3.26. The smallest absolute Gasteiger partial charge is 0.137 e. The number of benzene rings is 1. The minimum Gasteiger partial charge on any atom is -0.495 e. The van der Waals surface area contributed by atoms with Gasteiger partial charge in [-0.1, -0.05) is 38.4 Å². The van der Waals surface area contributed by atoms with Crippen LogP contribution in [-0.4, -0.2) is 25.9 Å². The molecular weight excluding hydrogens is 286 g/mol. The first-order valence-corrected chi connectivity index (χ1v) is 8.17. The molecule has 0 aromatic heterocycles. The minimum atomic E-state index is -0.219. The van der Waals surface area contributed by atoms with E-state index >= 15 is 0 Å². The third-order valence-electron chi connectivity index (χ3n) is 4.07. The van der Waals surface area contributed by atoms with Gasteiger partial charge < -0.3 is 14.8 Å². The van der Waals surface area contributed by atoms with Gasteiger partial charge in [-0.3, -0.25) is 0 Å². The van der Waals surface area contributed by atoms with Gasteiger partial charge in [0, 0.05) is 6.61 Å². The molecule has 1 atom stereocenters. The largest absolute Gasteiger partial charge is 0.495 e. The number of rotatable bonds is 9. The van der Waals surface area contributed by atoms with E-state index in [1.165, 1.54) is 0 Å². The second-order valence-corrected chi connectivity index (χ2v) is 5.50. The predicted molar refractivity (Wildman–Crippen MR) is 89.4 cm³/mol. The van der Waals surface area contributed by atoms with Crippen LogP contribution in [0.2, 0.25) is 5.02 Å². The van der Waals surface area contributed by atoms with Crippen molar-refractivity contribution in [1.29, 1.82) is 0 Å². The molecule has 0 aliphatic heterocycles. The Kier molecular flexibility index (Phi) is 7.50. The molecule has 0 aliphatic rings. The van der Waals surface area contributed by atoms with Crippen molar-refractivity contribution >= 4 is 11.6 Å². The van der Waals surface area contributed by atoms with E-state index in [9.17, 15) is 0 Å². The molecule has 0 heterocycles. The maximum absolute atomic E-state index is 6.16. The lowest BCUT2D eigenvalue weighted by atomic mass is 9.83. The standard InChI is InChI=1S/C17H28ClNO2/c1-6-17(7-2,21-9-4)16(19-8-3)13-10-11-14(18)15(12-13)20-5/h10-12,16,19H,6-9H2,1-5H3. The van der Waals surface area contributed by atoms with E-state index in [4.69, 9.17) is 21.1 Å². The van der Waals surface area contributed by atoms with Crippen molar-refractivity contribution < 1.29 is 9.47 Å². The van der Waals surface area contributed by atoms with Gasteiger partial charge in [-0.25, -0.2) is 0 Å². The summed E-state index contributed by atoms with van der Waals surface area (Å²) in [6.45, 7) is 10.1. The monoisotopic (exact) mass is 313 g/mol. The van der Waals surface area contributed by atoms with E-state index < -0.39 is 0 Å². The van der Waals surface area contributed by atoms with Gasteiger partial charge >= 0.3 is 0 Å². The topological polar surface area (TPSA) is 30.5 Å². The molecule has 0 spiro atoms. The maximum atomic E-state index is 6.16. The maximum Gasteiger partial charge on any atom is 0.137 e. The highest BCUT2D eigenvalue weighted by Crippen LogP contribution is 2.38. The number of hydrogen-bond acceptors (Lipinski definition) is 3. The number of halogens is 1. The van der Waals surface area contributed by atoms with Crippen LogP contribution >= 0.6 is 11.6 Å². The highest BCUT2D eigenvalue weighted by molar-refractivity contribution is 6.32. The van der Waals surface area contributed by atoms with Gasteiger partial charge in [0.05, 0.1) is 23.8 Å². The summed E-state index contributed by atoms with van der Waals surface area (Å²) in [4.78, 5) is 0. The first-order chi connectivity index (χ1) is 10.1. The van der Waals surface area contributed by atoms with Gasteiger partial charge in [-0.15, -0.1) is 0 Å². The number of methoxy groups -OCH3 is 1. The molecule has 4 heteroatoms. The lowest BCUT2D eigenvalue weighted by molar-refractivity contribution is -0.0730. The fourth-order valence-corrected chi connectivity index (χ4v) is 3.10. The molecule has 0 saturated carbocycles. The predicted octanol–water partition coefficient (Wildman–Crippen LogP) is 4.59. The molecule has 21 heavy (non-hydrogen) atoms. The first-order valence-electron chi connectivity index (χ1n) is 7.79. The molecule has 1 aromatic carbocycles. The van der Waals surface area contributed by atoms with Crippen LogP contribution in [0.4, 0.5) is 0 Å². The van der Waals surface area contributed by atoms with Gasteiger partial charge in [0.25, 0.3) is 0 Å². The quantitative estimate of drug-likeness (QED) is 0.723. The van der Waals surface area contributed by atoms with Crippen LogP contribution in [0.15, 0.2) is 18.2 Å². The Morgan fingerprint density at radius 2 is 1.86 bits per heavy atom. The Morgan fingerprint density at radius 3 is 2.33 bits per heavy atom. The summed E-state index contributed by atoms with van der Waals surface area (Å²) >= 11 is 6.14. The molecule has 120 valence electrons. The molecule has 0 aliphatic carbocycles. The summed E-state index contributed by atoms with van der Waals surface area (Å²) in [5, 5.41) is 4.20. The van der Waals surface area contributed by atoms with Crippen molar-refractivity contribution in [3.63, 3.8) is 0 Å². The lowest BCUT2D eigenvalue weighted by Gasteiger charge is -2.40. The van der Waals surface area contributed by atoms with Crippen molar-refractivity contribution in [3.8, 4) is 5.75 Å². The number of hydrogen-bond donors (Lipinski definition) is 1. The first kappa shape index (κ1) is 18.3. The summed E-state index contributed by atoms with van der Waals surface area (Å²) in [5.41, 5.74) is 0.930. The summed E-state index contributed by atoms with van der Waals surface area (Å²) in [6, 6.07) is 6.07. The molecule has 1 unspecified atom stereocenters. The molecule has 3 nitrogen and oxygen atoms in total. The van der Waals surface area contributed by atoms with E-state index in [0.717, 1.165) is 24.9 Å². The van der Waals surface area contributed by atoms with Crippen LogP contribution in [-0.2, 0) is 4.74 Å². The van der Waals surface area contributed by atoms with Crippen molar-refractivity contribution in [2.45, 2.75) is 52.2 Å². The average molecular weight is 314 g/mol. The number of likely N-dealkylation sites (N-methyl/N-ethyl adjacent to an activating group) is 1. The van der Waals surface area contributed by atoms with Crippen LogP contribution in [0.5, 0.6) is 5.75 Å². The average Bonchev–Trinajstić information content (AvgIpc) is 2.51. The van der Waals surface area contributed by atoms with Gasteiger partial charge in [-0.05, 0) is 44.0 Å². The van der Waals surface area contributed by atoms with Crippen LogP contribution in [0.25, 0.3) is 0 Å². The fourth-order valence-electron chi connectivity index (χ4n) is 2.90. The van der Waals surface area contributed by atoms with E-state index in [0.29, 0.717) is 17.4 Å². The van der Waals surface area contributed by atoms with Crippen LogP contribution in [0.1, 0.15) is 52.1 Å². The third kappa shape index (κ3) is 4.12. The summed E-state index contributed by atoms with van der Waals surface area (Å²) < 4.78 is 11.5. The Labute approximate surface area is 134 Å². The van der Waals surface area contributed by atoms with Crippen molar-refractivity contribution in [2.24, 2.45) is 0 Å². The molecule has 1 rings (SSSR count). The Hall–Kier alpha value is -0.770. The summed E-state index contributed by atoms with van der Waals surface area (Å²) in [5.74, 6) is 0.703. The molecular formula is C17H28ClNO2. The molecule has 0 saturated heterocycles. The lowest BCUT2D eigenvalue weighted by Crippen LogP contribution is -2.45. The van der Waals surface area contributed by atoms with Gasteiger partial charge in [0.15, 0.2) is 0 Å². The number of ether oxygens (including phenoxy) is 2. The second-order valence-electron chi connectivity index (χ2n) is 5.09. The zero-order chi connectivity index (χ0) is 15.9. The molecule has 0 radical (unpaired) electrons. The van der Waals surface area contributed by atoms with Crippen molar-refractivity contribution in [1.82, 2.24) is 5.32 Å². The van der Waals surface area contributed by atoms with E-state index in [1.54, 1.807) is 7.11 Å². The molecule has 0 fully saturated rings. The van der Waals surface area contributed by atoms with Gasteiger partial charge in [-0.2, -0.15) is 0 Å². The van der Waals surface area contributed by atoms with Crippen LogP contribution < -0.4 is 10.1 Å². The normalized spacial score (nSPS) is 13.2. The molecule has 1 aromatic rings. The summed E-state index contributed by atoms with van der Waals surface area (Å²) in [7, 11) is 1.64. The van der Waals surface area contributed by atoms with E-state index in [1.807, 2.05) is 19.1 Å². The second kappa shape index (κ2) is 8.62. The fraction of sp³-hybridized carbons (Fsp3) is 0.647. The Morgan fingerprint density at radius 1 is 1.19 bits per heavy atom. The zero-order valence-electron chi connectivity index (χ0n) is 13.8. The third-order valence-corrected chi connectivity index (χ3v) is 4.38. The summed E-state index contributed by atoms with van der Waals surface area (Å²) in [6.07, 6.45) is 1.89. The van der Waals surface area contributed by atoms with Crippen LogP contribution in [0, 0.1) is 0 Å². The van der Waals surface area contributed by atoms with Gasteiger partial charge in [0.2, 0.25) is 0 Å². The van der Waals surface area contributed by atoms with Crippen molar-refractivity contribution in [2.75, 3.05) is 20.3 Å². The Bertz CT molecular complexity index is 433. The molecule has 0 amide bonds. The van der Waals surface area contributed by atoms with E-state index in [-0.39, 0.29) is 11.6 Å². The van der Waals surface area contributed by atoms with Crippen molar-refractivity contribution in [3.05, 3.63) is 28.8 Å². The highest BCUT2D eigenvalue weighted by atomic mass is 35.5. The highest BCUT2D eigenvalue weighted by Gasteiger charge is 2.37. The van der Waals surface area contributed by atoms with Crippen LogP contribution in [0.3, 0.4) is 0 Å². The molecule has 1 N–H and O–H groups in total. The minimum absolute atomic E-state index is 0.114.